The molecule has 0 radical (unpaired) electrons. The maximum absolute atomic E-state index is 12.4. The number of anilines is 1. The van der Waals surface area contributed by atoms with Gasteiger partial charge in [0.1, 0.15) is 5.60 Å². The van der Waals surface area contributed by atoms with E-state index in [0.29, 0.717) is 19.0 Å². The van der Waals surface area contributed by atoms with Crippen molar-refractivity contribution in [2.24, 2.45) is 5.92 Å². The van der Waals surface area contributed by atoms with Crippen LogP contribution in [0.1, 0.15) is 58.6 Å². The average Bonchev–Trinajstić information content (AvgIpc) is 2.58. The van der Waals surface area contributed by atoms with Gasteiger partial charge in [0, 0.05) is 31.9 Å². The molecule has 1 saturated heterocycles. The molecule has 1 aromatic carbocycles. The number of hydrogen-bond acceptors (Lipinski definition) is 4. The highest BCUT2D eigenvalue weighted by atomic mass is 16.6. The van der Waals surface area contributed by atoms with E-state index in [2.05, 4.69) is 23.1 Å². The molecule has 0 atom stereocenters. The van der Waals surface area contributed by atoms with Crippen molar-refractivity contribution in [2.45, 2.75) is 71.6 Å². The monoisotopic (exact) mass is 374 g/mol. The summed E-state index contributed by atoms with van der Waals surface area (Å²) in [6.07, 6.45) is 2.65. The van der Waals surface area contributed by atoms with Gasteiger partial charge in [0.25, 0.3) is 0 Å². The van der Waals surface area contributed by atoms with Crippen molar-refractivity contribution in [3.63, 3.8) is 0 Å². The molecule has 1 fully saturated rings. The predicted molar refractivity (Wildman–Crippen MR) is 108 cm³/mol. The highest BCUT2D eigenvalue weighted by Crippen LogP contribution is 2.34. The Labute approximate surface area is 163 Å². The summed E-state index contributed by atoms with van der Waals surface area (Å²) in [5.41, 5.74) is 2.80. The van der Waals surface area contributed by atoms with Crippen molar-refractivity contribution in [2.75, 3.05) is 24.5 Å². The van der Waals surface area contributed by atoms with Crippen LogP contribution in [0.5, 0.6) is 0 Å². The van der Waals surface area contributed by atoms with E-state index in [-0.39, 0.29) is 6.09 Å². The van der Waals surface area contributed by atoms with E-state index >= 15 is 0 Å². The minimum atomic E-state index is -0.601. The molecule has 0 aromatic heterocycles. The van der Waals surface area contributed by atoms with Gasteiger partial charge in [-0.05, 0) is 77.0 Å². The molecule has 0 aliphatic carbocycles. The number of carbonyl (C=O) groups excluding carboxylic acids is 1. The Morgan fingerprint density at radius 2 is 1.78 bits per heavy atom. The number of amides is 1. The van der Waals surface area contributed by atoms with Crippen molar-refractivity contribution < 1.29 is 14.6 Å². The van der Waals surface area contributed by atoms with Crippen LogP contribution in [0.15, 0.2) is 18.2 Å². The molecular weight excluding hydrogens is 340 g/mol. The second kappa shape index (κ2) is 7.34. The van der Waals surface area contributed by atoms with E-state index in [1.807, 2.05) is 34.6 Å². The summed E-state index contributed by atoms with van der Waals surface area (Å²) in [6, 6.07) is 6.42. The van der Waals surface area contributed by atoms with E-state index in [4.69, 9.17) is 4.74 Å². The summed E-state index contributed by atoms with van der Waals surface area (Å²) >= 11 is 0. The Morgan fingerprint density at radius 1 is 1.11 bits per heavy atom. The second-order valence-electron chi connectivity index (χ2n) is 9.48. The normalized spacial score (nSPS) is 19.0. The van der Waals surface area contributed by atoms with Crippen LogP contribution in [-0.4, -0.2) is 46.9 Å². The largest absolute Gasteiger partial charge is 0.444 e. The molecule has 1 N–H and O–H groups in total. The van der Waals surface area contributed by atoms with Gasteiger partial charge in [0.15, 0.2) is 0 Å². The lowest BCUT2D eigenvalue weighted by atomic mass is 9.82. The summed E-state index contributed by atoms with van der Waals surface area (Å²) in [7, 11) is 0. The minimum absolute atomic E-state index is 0.232. The molecular formula is C22H34N2O3. The van der Waals surface area contributed by atoms with Crippen molar-refractivity contribution in [3.8, 4) is 0 Å². The highest BCUT2D eigenvalue weighted by Gasteiger charge is 2.32. The van der Waals surface area contributed by atoms with Gasteiger partial charge in [-0.1, -0.05) is 12.1 Å². The molecule has 2 aliphatic rings. The van der Waals surface area contributed by atoms with Gasteiger partial charge in [-0.25, -0.2) is 4.79 Å². The Kier molecular flexibility index (Phi) is 5.44. The SMILES string of the molecule is CC(C)(C)OC(=O)N1CCc2c(cccc2N2CCC(C(C)(C)O)CC2)C1. The third-order valence-electron chi connectivity index (χ3n) is 5.73. The molecule has 2 heterocycles. The second-order valence-corrected chi connectivity index (χ2v) is 9.48. The Morgan fingerprint density at radius 3 is 2.37 bits per heavy atom. The fraction of sp³-hybridized carbons (Fsp3) is 0.682. The van der Waals surface area contributed by atoms with E-state index in [0.717, 1.165) is 32.4 Å². The minimum Gasteiger partial charge on any atom is -0.444 e. The van der Waals surface area contributed by atoms with Crippen molar-refractivity contribution in [1.29, 1.82) is 0 Å². The first-order chi connectivity index (χ1) is 12.5. The van der Waals surface area contributed by atoms with Crippen LogP contribution in [0.3, 0.4) is 0 Å². The molecule has 150 valence electrons. The summed E-state index contributed by atoms with van der Waals surface area (Å²) in [6.45, 7) is 12.8. The number of hydrogen-bond donors (Lipinski definition) is 1. The number of carbonyl (C=O) groups is 1. The number of fused-ring (bicyclic) bond motifs is 1. The first-order valence-electron chi connectivity index (χ1n) is 10.1. The number of aliphatic hydroxyl groups is 1. The van der Waals surface area contributed by atoms with Crippen LogP contribution in [0.2, 0.25) is 0 Å². The molecule has 0 saturated carbocycles. The van der Waals surface area contributed by atoms with Gasteiger partial charge in [0.05, 0.1) is 5.60 Å². The van der Waals surface area contributed by atoms with Gasteiger partial charge >= 0.3 is 6.09 Å². The predicted octanol–water partition coefficient (Wildman–Crippen LogP) is 3.97. The third kappa shape index (κ3) is 4.75. The van der Waals surface area contributed by atoms with Gasteiger partial charge in [-0.2, -0.15) is 0 Å². The Hall–Kier alpha value is -1.75. The van der Waals surface area contributed by atoms with E-state index < -0.39 is 11.2 Å². The lowest BCUT2D eigenvalue weighted by Crippen LogP contribution is -2.43. The molecule has 5 heteroatoms. The van der Waals surface area contributed by atoms with Crippen molar-refractivity contribution in [3.05, 3.63) is 29.3 Å². The standard InChI is InChI=1S/C22H34N2O3/c1-21(2,3)27-20(25)24-14-11-18-16(15-24)7-6-8-19(18)23-12-9-17(10-13-23)22(4,5)26/h6-8,17,26H,9-15H2,1-5H3. The first kappa shape index (κ1) is 20.0. The maximum Gasteiger partial charge on any atom is 0.410 e. The molecule has 1 amide bonds. The smallest absolute Gasteiger partial charge is 0.410 e. The van der Waals surface area contributed by atoms with E-state index in [1.165, 1.54) is 16.8 Å². The van der Waals surface area contributed by atoms with Crippen LogP contribution >= 0.6 is 0 Å². The summed E-state index contributed by atoms with van der Waals surface area (Å²) in [5.74, 6) is 0.357. The molecule has 0 bridgehead atoms. The molecule has 2 aliphatic heterocycles. The van der Waals surface area contributed by atoms with Crippen LogP contribution in [0.25, 0.3) is 0 Å². The quantitative estimate of drug-likeness (QED) is 0.851. The number of benzene rings is 1. The fourth-order valence-electron chi connectivity index (χ4n) is 4.19. The molecule has 0 unspecified atom stereocenters. The number of rotatable bonds is 2. The molecule has 1 aromatic rings. The van der Waals surface area contributed by atoms with Crippen molar-refractivity contribution >= 4 is 11.8 Å². The van der Waals surface area contributed by atoms with Crippen molar-refractivity contribution in [1.82, 2.24) is 4.90 Å². The van der Waals surface area contributed by atoms with E-state index in [9.17, 15) is 9.90 Å². The Bertz CT molecular complexity index is 680. The zero-order valence-electron chi connectivity index (χ0n) is 17.4. The van der Waals surface area contributed by atoms with Crippen LogP contribution in [-0.2, 0) is 17.7 Å². The molecule has 27 heavy (non-hydrogen) atoms. The highest BCUT2D eigenvalue weighted by molar-refractivity contribution is 5.69. The number of piperidine rings is 1. The molecule has 0 spiro atoms. The third-order valence-corrected chi connectivity index (χ3v) is 5.73. The summed E-state index contributed by atoms with van der Waals surface area (Å²) in [4.78, 5) is 16.7. The lowest BCUT2D eigenvalue weighted by Gasteiger charge is -2.40. The lowest BCUT2D eigenvalue weighted by molar-refractivity contribution is 0.00650. The zero-order chi connectivity index (χ0) is 19.8. The number of ether oxygens (including phenoxy) is 1. The maximum atomic E-state index is 12.4. The molecule has 3 rings (SSSR count). The molecule has 5 nitrogen and oxygen atoms in total. The summed E-state index contributed by atoms with van der Waals surface area (Å²) < 4.78 is 5.54. The van der Waals surface area contributed by atoms with Gasteiger partial charge in [-0.3, -0.25) is 0 Å². The van der Waals surface area contributed by atoms with Crippen LogP contribution in [0.4, 0.5) is 10.5 Å². The van der Waals surface area contributed by atoms with E-state index in [1.54, 1.807) is 4.90 Å². The van der Waals surface area contributed by atoms with Gasteiger partial charge in [0.2, 0.25) is 0 Å². The zero-order valence-corrected chi connectivity index (χ0v) is 17.4. The number of nitrogens with zero attached hydrogens (tertiary/aromatic N) is 2. The summed E-state index contributed by atoms with van der Waals surface area (Å²) in [5, 5.41) is 10.3. The average molecular weight is 375 g/mol. The fourth-order valence-corrected chi connectivity index (χ4v) is 4.19. The van der Waals surface area contributed by atoms with Gasteiger partial charge < -0.3 is 19.6 Å². The first-order valence-corrected chi connectivity index (χ1v) is 10.1. The van der Waals surface area contributed by atoms with Gasteiger partial charge in [-0.15, -0.1) is 0 Å². The Balaban J connectivity index is 1.70. The topological polar surface area (TPSA) is 53.0 Å². The van der Waals surface area contributed by atoms with Crippen LogP contribution < -0.4 is 4.90 Å². The van der Waals surface area contributed by atoms with Crippen LogP contribution in [0, 0.1) is 5.92 Å².